The molecule has 0 aliphatic rings. The predicted molar refractivity (Wildman–Crippen MR) is 68.5 cm³/mol. The molecule has 0 saturated heterocycles. The van der Waals surface area contributed by atoms with E-state index in [1.807, 2.05) is 0 Å². The molecule has 0 N–H and O–H groups in total. The van der Waals surface area contributed by atoms with Crippen LogP contribution in [0.5, 0.6) is 0 Å². The highest BCUT2D eigenvalue weighted by Gasteiger charge is 2.03. The fraction of sp³-hybridized carbons (Fsp3) is 0.333. The van der Waals surface area contributed by atoms with Gasteiger partial charge in [0.25, 0.3) is 0 Å². The number of unbranched alkanes of at least 4 members (excludes halogenated alkanes) is 1. The molecule has 14 heavy (non-hydrogen) atoms. The van der Waals surface area contributed by atoms with Crippen LogP contribution in [0.3, 0.4) is 0 Å². The van der Waals surface area contributed by atoms with Gasteiger partial charge in [-0.15, -0.1) is 0 Å². The lowest BCUT2D eigenvalue weighted by molar-refractivity contribution is 0.794. The third-order valence-electron chi connectivity index (χ3n) is 2.36. The second-order valence-electron chi connectivity index (χ2n) is 3.50. The Balaban J connectivity index is 2.85. The van der Waals surface area contributed by atoms with Gasteiger partial charge in [0, 0.05) is 0 Å². The molecule has 1 aromatic rings. The molecule has 0 saturated carbocycles. The van der Waals surface area contributed by atoms with Gasteiger partial charge < -0.3 is 0 Å². The van der Waals surface area contributed by atoms with Gasteiger partial charge in [-0.1, -0.05) is 44.2 Å². The summed E-state index contributed by atoms with van der Waals surface area (Å²) in [4.78, 5) is 0. The first kappa shape index (κ1) is 11.5. The van der Waals surface area contributed by atoms with E-state index >= 15 is 0 Å². The first-order valence-electron chi connectivity index (χ1n) is 5.11. The van der Waals surface area contributed by atoms with Gasteiger partial charge in [0.15, 0.2) is 8.83 Å². The summed E-state index contributed by atoms with van der Waals surface area (Å²) in [5.74, 6) is 0. The Labute approximate surface area is 93.5 Å². The van der Waals surface area contributed by atoms with Crippen LogP contribution in [0.25, 0.3) is 5.20 Å². The van der Waals surface area contributed by atoms with Gasteiger partial charge >= 0.3 is 0 Å². The maximum absolute atomic E-state index is 5.93. The first-order chi connectivity index (χ1) is 6.79. The Morgan fingerprint density at radius 3 is 2.79 bits per heavy atom. The van der Waals surface area contributed by atoms with Gasteiger partial charge in [0.2, 0.25) is 0 Å². The van der Waals surface area contributed by atoms with Crippen LogP contribution in [0.4, 0.5) is 0 Å². The summed E-state index contributed by atoms with van der Waals surface area (Å²) in [6, 6.07) is 8.49. The quantitative estimate of drug-likeness (QED) is 0.532. The number of halogens is 1. The molecule has 0 aliphatic carbocycles. The molecule has 0 aliphatic heterocycles. The lowest BCUT2D eigenvalue weighted by atomic mass is 10.0. The van der Waals surface area contributed by atoms with Gasteiger partial charge in [-0.2, -0.15) is 11.1 Å². The highest BCUT2D eigenvalue weighted by Crippen LogP contribution is 2.19. The van der Waals surface area contributed by atoms with Crippen molar-refractivity contribution in [2.45, 2.75) is 26.2 Å². The van der Waals surface area contributed by atoms with E-state index in [2.05, 4.69) is 37.8 Å². The predicted octanol–water partition coefficient (Wildman–Crippen LogP) is 3.32. The van der Waals surface area contributed by atoms with Crippen LogP contribution in [0, 0.1) is 0 Å². The van der Waals surface area contributed by atoms with E-state index in [-0.39, 0.29) is 0 Å². The molecule has 0 fully saturated rings. The Kier molecular flexibility index (Phi) is 4.98. The van der Waals surface area contributed by atoms with Crippen LogP contribution >= 0.6 is 11.1 Å². The van der Waals surface area contributed by atoms with Crippen molar-refractivity contribution in [2.75, 3.05) is 0 Å². The molecule has 0 bridgehead atoms. The van der Waals surface area contributed by atoms with Crippen LogP contribution in [-0.4, -0.2) is 8.83 Å². The third kappa shape index (κ3) is 3.00. The minimum atomic E-state index is -0.627. The summed E-state index contributed by atoms with van der Waals surface area (Å²) < 4.78 is 0. The Morgan fingerprint density at radius 2 is 2.14 bits per heavy atom. The second-order valence-corrected chi connectivity index (χ2v) is 5.42. The fourth-order valence-electron chi connectivity index (χ4n) is 1.52. The molecule has 0 nitrogen and oxygen atoms in total. The number of rotatable bonds is 5. The fourth-order valence-corrected chi connectivity index (χ4v) is 2.44. The molecule has 0 atom stereocenters. The Hall–Kier alpha value is -0.533. The highest BCUT2D eigenvalue weighted by molar-refractivity contribution is 7.04. The van der Waals surface area contributed by atoms with Crippen molar-refractivity contribution in [3.8, 4) is 0 Å². The van der Waals surface area contributed by atoms with Crippen molar-refractivity contribution in [3.05, 3.63) is 42.0 Å². The van der Waals surface area contributed by atoms with E-state index in [9.17, 15) is 0 Å². The second kappa shape index (κ2) is 6.05. The van der Waals surface area contributed by atoms with Crippen molar-refractivity contribution in [1.29, 1.82) is 0 Å². The monoisotopic (exact) mass is 224 g/mol. The molecule has 0 unspecified atom stereocenters. The van der Waals surface area contributed by atoms with E-state index in [4.69, 9.17) is 11.1 Å². The normalized spacial score (nSPS) is 11.0. The van der Waals surface area contributed by atoms with Crippen molar-refractivity contribution in [1.82, 2.24) is 0 Å². The van der Waals surface area contributed by atoms with Crippen molar-refractivity contribution in [3.63, 3.8) is 0 Å². The van der Waals surface area contributed by atoms with E-state index in [1.165, 1.54) is 29.2 Å². The largest absolute Gasteiger partial charge is 0.170 e. The maximum Gasteiger partial charge on any atom is 0.155 e. The minimum Gasteiger partial charge on any atom is -0.170 e. The van der Waals surface area contributed by atoms with Crippen LogP contribution < -0.4 is 0 Å². The van der Waals surface area contributed by atoms with Gasteiger partial charge in [0.1, 0.15) is 0 Å². The summed E-state index contributed by atoms with van der Waals surface area (Å²) in [5, 5.41) is 1.17. The first-order valence-corrected chi connectivity index (χ1v) is 7.96. The van der Waals surface area contributed by atoms with E-state index < -0.39 is 8.83 Å². The number of benzene rings is 1. The molecule has 0 aromatic heterocycles. The molecular formula is C12H17ClSi. The van der Waals surface area contributed by atoms with Crippen LogP contribution in [0.2, 0.25) is 0 Å². The summed E-state index contributed by atoms with van der Waals surface area (Å²) in [6.07, 6.45) is 3.63. The third-order valence-corrected chi connectivity index (χ3v) is 4.03. The van der Waals surface area contributed by atoms with E-state index in [0.29, 0.717) is 0 Å². The molecule has 2 heteroatoms. The lowest BCUT2D eigenvalue weighted by Gasteiger charge is -2.09. The average molecular weight is 225 g/mol. The summed E-state index contributed by atoms with van der Waals surface area (Å²) in [6.45, 7) is 6.26. The van der Waals surface area contributed by atoms with E-state index in [0.717, 1.165) is 6.42 Å². The average Bonchev–Trinajstić information content (AvgIpc) is 2.25. The Bertz CT molecular complexity index is 307. The van der Waals surface area contributed by atoms with Crippen LogP contribution in [-0.2, 0) is 6.42 Å². The summed E-state index contributed by atoms with van der Waals surface area (Å²) in [5.41, 5.74) is 2.70. The molecule has 0 heterocycles. The van der Waals surface area contributed by atoms with Gasteiger partial charge in [-0.25, -0.2) is 0 Å². The van der Waals surface area contributed by atoms with Gasteiger partial charge in [0.05, 0.1) is 0 Å². The van der Waals surface area contributed by atoms with Crippen LogP contribution in [0.15, 0.2) is 30.8 Å². The molecule has 1 aromatic carbocycles. The number of hydrogen-bond donors (Lipinski definition) is 0. The number of aryl methyl sites for hydroxylation is 1. The number of hydrogen-bond acceptors (Lipinski definition) is 0. The Morgan fingerprint density at radius 1 is 1.43 bits per heavy atom. The molecule has 76 valence electrons. The lowest BCUT2D eigenvalue weighted by Crippen LogP contribution is -1.95. The van der Waals surface area contributed by atoms with Crippen molar-refractivity contribution in [2.24, 2.45) is 0 Å². The van der Waals surface area contributed by atoms with Crippen molar-refractivity contribution >= 4 is 25.1 Å². The zero-order valence-electron chi connectivity index (χ0n) is 8.72. The zero-order chi connectivity index (χ0) is 10.4. The molecular weight excluding hydrogens is 208 g/mol. The maximum atomic E-state index is 5.93. The highest BCUT2D eigenvalue weighted by atomic mass is 35.6. The van der Waals surface area contributed by atoms with Gasteiger partial charge in [-0.05, 0) is 29.2 Å². The molecule has 0 spiro atoms. The topological polar surface area (TPSA) is 0 Å². The summed E-state index contributed by atoms with van der Waals surface area (Å²) in [7, 11) is -0.627. The van der Waals surface area contributed by atoms with E-state index in [1.54, 1.807) is 0 Å². The van der Waals surface area contributed by atoms with Crippen LogP contribution in [0.1, 0.15) is 30.9 Å². The van der Waals surface area contributed by atoms with Gasteiger partial charge in [-0.3, -0.25) is 0 Å². The SMILES string of the molecule is C=C([SiH2]Cl)c1ccccc1CCCC. The summed E-state index contributed by atoms with van der Waals surface area (Å²) >= 11 is 5.93. The molecule has 1 rings (SSSR count). The zero-order valence-corrected chi connectivity index (χ0v) is 10.9. The molecule has 0 radical (unpaired) electrons. The smallest absolute Gasteiger partial charge is 0.155 e. The van der Waals surface area contributed by atoms with Crippen molar-refractivity contribution < 1.29 is 0 Å². The molecule has 0 amide bonds. The standard InChI is InChI=1S/C12H17ClSi/c1-3-4-7-11-8-5-6-9-12(11)10(2)14-13/h5-6,8-9H,2-4,7,14H2,1H3. The minimum absolute atomic E-state index is 0.627.